The summed E-state index contributed by atoms with van der Waals surface area (Å²) < 4.78 is 0. The molecule has 7 nitrogen and oxygen atoms in total. The third-order valence-corrected chi connectivity index (χ3v) is 2.39. The lowest BCUT2D eigenvalue weighted by Gasteiger charge is -2.10. The van der Waals surface area contributed by atoms with Gasteiger partial charge in [0.1, 0.15) is 6.54 Å². The summed E-state index contributed by atoms with van der Waals surface area (Å²) in [6.07, 6.45) is 0. The lowest BCUT2D eigenvalue weighted by atomic mass is 10.1. The van der Waals surface area contributed by atoms with Gasteiger partial charge in [-0.3, -0.25) is 14.4 Å². The van der Waals surface area contributed by atoms with Crippen LogP contribution < -0.4 is 16.4 Å². The number of hydrogen-bond acceptors (Lipinski definition) is 4. The van der Waals surface area contributed by atoms with E-state index in [0.29, 0.717) is 11.3 Å². The number of nitrogens with one attached hydrogen (secondary N) is 2. The first-order chi connectivity index (χ1) is 8.90. The molecule has 0 bridgehead atoms. The molecule has 0 aliphatic heterocycles. The number of nitrogens with two attached hydrogens (primary N) is 1. The van der Waals surface area contributed by atoms with E-state index in [2.05, 4.69) is 10.6 Å². The number of primary amides is 1. The smallest absolute Gasteiger partial charge is 0.322 e. The zero-order valence-electron chi connectivity index (χ0n) is 10.4. The Kier molecular flexibility index (Phi) is 4.87. The first-order valence-corrected chi connectivity index (χ1v) is 5.53. The molecule has 1 aromatic rings. The van der Waals surface area contributed by atoms with E-state index in [9.17, 15) is 14.4 Å². The largest absolute Gasteiger partial charge is 0.480 e. The Morgan fingerprint density at radius 1 is 1.26 bits per heavy atom. The molecule has 0 unspecified atom stereocenters. The fourth-order valence-electron chi connectivity index (χ4n) is 1.43. The van der Waals surface area contributed by atoms with Gasteiger partial charge in [0.15, 0.2) is 0 Å². The van der Waals surface area contributed by atoms with Gasteiger partial charge in [0.25, 0.3) is 0 Å². The average Bonchev–Trinajstić information content (AvgIpc) is 2.34. The number of aryl methyl sites for hydroxylation is 1. The molecular formula is C12H15N3O4. The van der Waals surface area contributed by atoms with Crippen molar-refractivity contribution in [2.45, 2.75) is 6.92 Å². The van der Waals surface area contributed by atoms with Crippen molar-refractivity contribution < 1.29 is 19.5 Å². The highest BCUT2D eigenvalue weighted by molar-refractivity contribution is 5.93. The van der Waals surface area contributed by atoms with E-state index in [1.165, 1.54) is 0 Å². The fourth-order valence-corrected chi connectivity index (χ4v) is 1.43. The highest BCUT2D eigenvalue weighted by Crippen LogP contribution is 2.15. The van der Waals surface area contributed by atoms with Gasteiger partial charge in [-0.15, -0.1) is 0 Å². The van der Waals surface area contributed by atoms with Crippen LogP contribution >= 0.6 is 0 Å². The summed E-state index contributed by atoms with van der Waals surface area (Å²) in [5.41, 5.74) is 6.97. The number of aliphatic carboxylic acids is 1. The maximum atomic E-state index is 11.3. The lowest BCUT2D eigenvalue weighted by Crippen LogP contribution is -2.33. The molecule has 0 heterocycles. The molecule has 2 amide bonds. The van der Waals surface area contributed by atoms with Crippen LogP contribution in [0.3, 0.4) is 0 Å². The van der Waals surface area contributed by atoms with Gasteiger partial charge >= 0.3 is 5.97 Å². The van der Waals surface area contributed by atoms with Gasteiger partial charge in [0.05, 0.1) is 6.54 Å². The second-order valence-electron chi connectivity index (χ2n) is 3.92. The second-order valence-corrected chi connectivity index (χ2v) is 3.92. The average molecular weight is 265 g/mol. The van der Waals surface area contributed by atoms with Gasteiger partial charge in [0, 0.05) is 11.3 Å². The lowest BCUT2D eigenvalue weighted by molar-refractivity contribution is -0.137. The van der Waals surface area contributed by atoms with E-state index in [-0.39, 0.29) is 6.54 Å². The SMILES string of the molecule is Cc1cc(C(N)=O)ccc1NCC(=O)NCC(=O)O. The third-order valence-electron chi connectivity index (χ3n) is 2.39. The molecule has 102 valence electrons. The molecule has 0 aromatic heterocycles. The topological polar surface area (TPSA) is 122 Å². The van der Waals surface area contributed by atoms with Gasteiger partial charge in [-0.1, -0.05) is 0 Å². The van der Waals surface area contributed by atoms with Crippen molar-refractivity contribution in [2.75, 3.05) is 18.4 Å². The number of rotatable bonds is 6. The number of benzene rings is 1. The quantitative estimate of drug-likeness (QED) is 0.563. The third kappa shape index (κ3) is 4.66. The summed E-state index contributed by atoms with van der Waals surface area (Å²) >= 11 is 0. The van der Waals surface area contributed by atoms with Crippen LogP contribution in [0.2, 0.25) is 0 Å². The molecule has 19 heavy (non-hydrogen) atoms. The summed E-state index contributed by atoms with van der Waals surface area (Å²) in [6, 6.07) is 4.80. The highest BCUT2D eigenvalue weighted by Gasteiger charge is 2.06. The van der Waals surface area contributed by atoms with E-state index in [1.807, 2.05) is 0 Å². The number of carbonyl (C=O) groups excluding carboxylic acids is 2. The first kappa shape index (κ1) is 14.5. The Morgan fingerprint density at radius 3 is 2.47 bits per heavy atom. The van der Waals surface area contributed by atoms with Crippen LogP contribution in [0.15, 0.2) is 18.2 Å². The number of carbonyl (C=O) groups is 3. The van der Waals surface area contributed by atoms with Crippen molar-refractivity contribution in [2.24, 2.45) is 5.73 Å². The predicted molar refractivity (Wildman–Crippen MR) is 68.8 cm³/mol. The van der Waals surface area contributed by atoms with Crippen LogP contribution in [0.25, 0.3) is 0 Å². The zero-order valence-corrected chi connectivity index (χ0v) is 10.4. The molecule has 5 N–H and O–H groups in total. The van der Waals surface area contributed by atoms with Crippen molar-refractivity contribution in [3.63, 3.8) is 0 Å². The van der Waals surface area contributed by atoms with Crippen molar-refractivity contribution in [1.29, 1.82) is 0 Å². The van der Waals surface area contributed by atoms with Gasteiger partial charge in [-0.2, -0.15) is 0 Å². The van der Waals surface area contributed by atoms with Crippen molar-refractivity contribution >= 4 is 23.5 Å². The van der Waals surface area contributed by atoms with E-state index in [4.69, 9.17) is 10.8 Å². The van der Waals surface area contributed by atoms with Crippen LogP contribution in [0.4, 0.5) is 5.69 Å². The zero-order chi connectivity index (χ0) is 14.4. The Hall–Kier alpha value is -2.57. The van der Waals surface area contributed by atoms with Crippen LogP contribution in [-0.4, -0.2) is 36.0 Å². The molecule has 0 radical (unpaired) electrons. The molecule has 0 aliphatic rings. The van der Waals surface area contributed by atoms with Crippen molar-refractivity contribution in [1.82, 2.24) is 5.32 Å². The van der Waals surface area contributed by atoms with Crippen LogP contribution in [0, 0.1) is 6.92 Å². The minimum Gasteiger partial charge on any atom is -0.480 e. The maximum Gasteiger partial charge on any atom is 0.322 e. The normalized spacial score (nSPS) is 9.74. The molecule has 0 atom stereocenters. The molecule has 0 aliphatic carbocycles. The minimum absolute atomic E-state index is 0.0515. The number of carboxylic acids is 1. The molecule has 0 saturated heterocycles. The van der Waals surface area contributed by atoms with E-state index in [1.54, 1.807) is 25.1 Å². The monoisotopic (exact) mass is 265 g/mol. The van der Waals surface area contributed by atoms with E-state index < -0.39 is 24.3 Å². The maximum absolute atomic E-state index is 11.3. The number of carboxylic acid groups (broad SMARTS) is 1. The van der Waals surface area contributed by atoms with Gasteiger partial charge < -0.3 is 21.5 Å². The fraction of sp³-hybridized carbons (Fsp3) is 0.250. The Bertz CT molecular complexity index is 514. The molecule has 0 saturated carbocycles. The van der Waals surface area contributed by atoms with Crippen LogP contribution in [-0.2, 0) is 9.59 Å². The predicted octanol–water partition coefficient (Wildman–Crippen LogP) is -0.293. The summed E-state index contributed by atoms with van der Waals surface area (Å²) in [7, 11) is 0. The number of amides is 2. The van der Waals surface area contributed by atoms with Crippen molar-refractivity contribution in [3.05, 3.63) is 29.3 Å². The molecular weight excluding hydrogens is 250 g/mol. The van der Waals surface area contributed by atoms with Crippen LogP contribution in [0.1, 0.15) is 15.9 Å². The summed E-state index contributed by atoms with van der Waals surface area (Å²) in [5, 5.41) is 13.5. The first-order valence-electron chi connectivity index (χ1n) is 5.53. The van der Waals surface area contributed by atoms with Crippen molar-refractivity contribution in [3.8, 4) is 0 Å². The Morgan fingerprint density at radius 2 is 1.95 bits per heavy atom. The van der Waals surface area contributed by atoms with E-state index >= 15 is 0 Å². The van der Waals surface area contributed by atoms with Crippen LogP contribution in [0.5, 0.6) is 0 Å². The minimum atomic E-state index is -1.10. The molecule has 1 aromatic carbocycles. The van der Waals surface area contributed by atoms with Gasteiger partial charge in [0.2, 0.25) is 11.8 Å². The Balaban J connectivity index is 2.56. The molecule has 7 heteroatoms. The summed E-state index contributed by atoms with van der Waals surface area (Å²) in [5.74, 6) is -2.05. The Labute approximate surface area is 109 Å². The molecule has 1 rings (SSSR count). The molecule has 0 spiro atoms. The van der Waals surface area contributed by atoms with E-state index in [0.717, 1.165) is 5.56 Å². The number of hydrogen-bond donors (Lipinski definition) is 4. The summed E-state index contributed by atoms with van der Waals surface area (Å²) in [4.78, 5) is 32.5. The molecule has 0 fully saturated rings. The second kappa shape index (κ2) is 6.39. The van der Waals surface area contributed by atoms with Gasteiger partial charge in [-0.05, 0) is 30.7 Å². The van der Waals surface area contributed by atoms with Gasteiger partial charge in [-0.25, -0.2) is 0 Å². The highest BCUT2D eigenvalue weighted by atomic mass is 16.4. The standard InChI is InChI=1S/C12H15N3O4/c1-7-4-8(12(13)19)2-3-9(7)14-5-10(16)15-6-11(17)18/h2-4,14H,5-6H2,1H3,(H2,13,19)(H,15,16)(H,17,18). The number of anilines is 1. The summed E-state index contributed by atoms with van der Waals surface area (Å²) in [6.45, 7) is 1.30.